The number of carbonyl (C=O) groups excluding carboxylic acids is 1. The number of ether oxygens (including phenoxy) is 2. The number of hydrogen-bond donors (Lipinski definition) is 0. The first-order valence-corrected chi connectivity index (χ1v) is 8.74. The molecule has 2 rings (SSSR count). The van der Waals surface area contributed by atoms with Gasteiger partial charge >= 0.3 is 6.09 Å². The quantitative estimate of drug-likeness (QED) is 0.769. The Morgan fingerprint density at radius 3 is 2.46 bits per heavy atom. The van der Waals surface area contributed by atoms with Crippen molar-refractivity contribution in [2.45, 2.75) is 65.1 Å². The highest BCUT2D eigenvalue weighted by Crippen LogP contribution is 2.30. The molecule has 1 aliphatic heterocycles. The Bertz CT molecular complexity index is 562. The molecule has 134 valence electrons. The van der Waals surface area contributed by atoms with E-state index in [1.807, 2.05) is 27.7 Å². The van der Waals surface area contributed by atoms with Crippen molar-refractivity contribution >= 4 is 6.09 Å². The Kier molecular flexibility index (Phi) is 6.21. The van der Waals surface area contributed by atoms with Crippen molar-refractivity contribution in [2.75, 3.05) is 13.1 Å². The smallest absolute Gasteiger partial charge is 0.407 e. The van der Waals surface area contributed by atoms with Crippen molar-refractivity contribution < 1.29 is 18.7 Å². The van der Waals surface area contributed by atoms with Gasteiger partial charge in [-0.15, -0.1) is 0 Å². The zero-order valence-corrected chi connectivity index (χ0v) is 15.1. The number of rotatable bonds is 4. The van der Waals surface area contributed by atoms with Gasteiger partial charge in [-0.3, -0.25) is 0 Å². The minimum atomic E-state index is -0.534. The lowest BCUT2D eigenvalue weighted by molar-refractivity contribution is -0.0632. The zero-order chi connectivity index (χ0) is 17.7. The van der Waals surface area contributed by atoms with Crippen LogP contribution in [0.3, 0.4) is 0 Å². The van der Waals surface area contributed by atoms with Gasteiger partial charge in [0.1, 0.15) is 0 Å². The summed E-state index contributed by atoms with van der Waals surface area (Å²) in [6.45, 7) is 9.27. The highest BCUT2D eigenvalue weighted by Gasteiger charge is 2.22. The van der Waals surface area contributed by atoms with Crippen LogP contribution < -0.4 is 4.74 Å². The largest absolute Gasteiger partial charge is 0.415 e. The fourth-order valence-electron chi connectivity index (χ4n) is 2.85. The fraction of sp³-hybridized carbons (Fsp3) is 0.632. The van der Waals surface area contributed by atoms with Crippen LogP contribution in [0.4, 0.5) is 9.18 Å². The maximum absolute atomic E-state index is 14.4. The predicted octanol–water partition coefficient (Wildman–Crippen LogP) is 5.08. The van der Waals surface area contributed by atoms with E-state index in [-0.39, 0.29) is 17.5 Å². The molecule has 1 atom stereocenters. The number of halogens is 1. The third-order valence-electron chi connectivity index (χ3n) is 4.01. The first-order chi connectivity index (χ1) is 11.3. The number of amides is 1. The Balaban J connectivity index is 2.07. The molecule has 5 heteroatoms. The summed E-state index contributed by atoms with van der Waals surface area (Å²) in [7, 11) is 0. The molecule has 0 radical (unpaired) electrons. The van der Waals surface area contributed by atoms with Crippen molar-refractivity contribution in [3.05, 3.63) is 29.6 Å². The molecule has 0 aliphatic carbocycles. The molecule has 0 N–H and O–H groups in total. The van der Waals surface area contributed by atoms with E-state index in [0.29, 0.717) is 13.1 Å². The highest BCUT2D eigenvalue weighted by molar-refractivity contribution is 5.70. The van der Waals surface area contributed by atoms with E-state index in [9.17, 15) is 9.18 Å². The van der Waals surface area contributed by atoms with E-state index in [4.69, 9.17) is 9.47 Å². The average molecular weight is 337 g/mol. The summed E-state index contributed by atoms with van der Waals surface area (Å²) in [6.07, 6.45) is 3.14. The maximum atomic E-state index is 14.4. The Morgan fingerprint density at radius 2 is 1.92 bits per heavy atom. The lowest BCUT2D eigenvalue weighted by atomic mass is 10.0. The van der Waals surface area contributed by atoms with Crippen LogP contribution in [0.2, 0.25) is 0 Å². The number of nitrogens with zero attached hydrogens (tertiary/aromatic N) is 1. The van der Waals surface area contributed by atoms with Gasteiger partial charge in [-0.2, -0.15) is 0 Å². The monoisotopic (exact) mass is 337 g/mol. The zero-order valence-electron chi connectivity index (χ0n) is 15.1. The molecule has 0 spiro atoms. The molecule has 1 amide bonds. The van der Waals surface area contributed by atoms with E-state index >= 15 is 0 Å². The third kappa shape index (κ3) is 5.20. The molecule has 0 bridgehead atoms. The van der Waals surface area contributed by atoms with E-state index in [1.54, 1.807) is 11.0 Å². The summed E-state index contributed by atoms with van der Waals surface area (Å²) in [5.41, 5.74) is 0.444. The second-order valence-corrected chi connectivity index (χ2v) is 7.23. The van der Waals surface area contributed by atoms with Gasteiger partial charge in [-0.25, -0.2) is 9.18 Å². The first kappa shape index (κ1) is 18.7. The second kappa shape index (κ2) is 7.97. The summed E-state index contributed by atoms with van der Waals surface area (Å²) in [4.78, 5) is 13.7. The van der Waals surface area contributed by atoms with Crippen molar-refractivity contribution in [1.82, 2.24) is 4.90 Å². The molecule has 1 aliphatic rings. The lowest BCUT2D eigenvalue weighted by Gasteiger charge is -2.27. The lowest BCUT2D eigenvalue weighted by Crippen LogP contribution is -2.37. The molecule has 1 fully saturated rings. The molecule has 24 heavy (non-hydrogen) atoms. The predicted molar refractivity (Wildman–Crippen MR) is 91.7 cm³/mol. The molecule has 1 heterocycles. The van der Waals surface area contributed by atoms with Crippen molar-refractivity contribution in [3.8, 4) is 5.75 Å². The minimum absolute atomic E-state index is 0.0278. The number of likely N-dealkylation sites (tertiary alicyclic amines) is 1. The van der Waals surface area contributed by atoms with Crippen LogP contribution in [0, 0.1) is 5.82 Å². The maximum Gasteiger partial charge on any atom is 0.415 e. The van der Waals surface area contributed by atoms with E-state index < -0.39 is 11.9 Å². The normalized spacial score (nSPS) is 16.8. The molecule has 0 aromatic heterocycles. The van der Waals surface area contributed by atoms with Crippen LogP contribution in [0.5, 0.6) is 5.75 Å². The Morgan fingerprint density at radius 1 is 1.25 bits per heavy atom. The van der Waals surface area contributed by atoms with Gasteiger partial charge < -0.3 is 14.4 Å². The number of piperidine rings is 1. The van der Waals surface area contributed by atoms with Gasteiger partial charge in [0.05, 0.1) is 11.7 Å². The Hall–Kier alpha value is -1.62. The van der Waals surface area contributed by atoms with Crippen molar-refractivity contribution in [2.24, 2.45) is 0 Å². The van der Waals surface area contributed by atoms with Crippen LogP contribution >= 0.6 is 0 Å². The van der Waals surface area contributed by atoms with E-state index in [1.165, 1.54) is 12.1 Å². The van der Waals surface area contributed by atoms with Gasteiger partial charge in [0, 0.05) is 13.1 Å². The van der Waals surface area contributed by atoms with Crippen LogP contribution in [-0.4, -0.2) is 29.7 Å². The molecule has 0 saturated carbocycles. The molecule has 1 unspecified atom stereocenters. The fourth-order valence-corrected chi connectivity index (χ4v) is 2.85. The first-order valence-electron chi connectivity index (χ1n) is 8.74. The topological polar surface area (TPSA) is 38.8 Å². The van der Waals surface area contributed by atoms with Gasteiger partial charge in [0.2, 0.25) is 0 Å². The average Bonchev–Trinajstić information content (AvgIpc) is 2.54. The van der Waals surface area contributed by atoms with Gasteiger partial charge in [-0.05, 0) is 64.2 Å². The van der Waals surface area contributed by atoms with Gasteiger partial charge in [0.25, 0.3) is 0 Å². The van der Waals surface area contributed by atoms with Crippen LogP contribution in [-0.2, 0) is 4.74 Å². The third-order valence-corrected chi connectivity index (χ3v) is 4.01. The van der Waals surface area contributed by atoms with E-state index in [2.05, 4.69) is 0 Å². The van der Waals surface area contributed by atoms with Gasteiger partial charge in [-0.1, -0.05) is 13.0 Å². The van der Waals surface area contributed by atoms with E-state index in [0.717, 1.165) is 31.2 Å². The SMILES string of the molecule is CCC(OC(C)(C)C)c1ccc(OC(=O)N2CCCCC2)c(F)c1. The van der Waals surface area contributed by atoms with Crippen LogP contribution in [0.15, 0.2) is 18.2 Å². The molecular weight excluding hydrogens is 309 g/mol. The standard InChI is InChI=1S/C19H28FNO3/c1-5-16(24-19(2,3)4)14-9-10-17(15(20)13-14)23-18(22)21-11-7-6-8-12-21/h9-10,13,16H,5-8,11-12H2,1-4H3. The molecule has 1 aromatic rings. The summed E-state index contributed by atoms with van der Waals surface area (Å²) in [6, 6.07) is 4.68. The van der Waals surface area contributed by atoms with Crippen LogP contribution in [0.1, 0.15) is 65.0 Å². The molecular formula is C19H28FNO3. The summed E-state index contributed by atoms with van der Waals surface area (Å²) >= 11 is 0. The number of carbonyl (C=O) groups is 1. The summed E-state index contributed by atoms with van der Waals surface area (Å²) in [5.74, 6) is -0.561. The molecule has 1 saturated heterocycles. The van der Waals surface area contributed by atoms with Crippen molar-refractivity contribution in [3.63, 3.8) is 0 Å². The number of hydrogen-bond acceptors (Lipinski definition) is 3. The molecule has 1 aromatic carbocycles. The van der Waals surface area contributed by atoms with Crippen LogP contribution in [0.25, 0.3) is 0 Å². The second-order valence-electron chi connectivity index (χ2n) is 7.23. The molecule has 4 nitrogen and oxygen atoms in total. The number of benzene rings is 1. The summed E-state index contributed by atoms with van der Waals surface area (Å²) < 4.78 is 25.5. The summed E-state index contributed by atoms with van der Waals surface area (Å²) in [5, 5.41) is 0. The Labute approximate surface area is 143 Å². The highest BCUT2D eigenvalue weighted by atomic mass is 19.1. The van der Waals surface area contributed by atoms with Crippen molar-refractivity contribution in [1.29, 1.82) is 0 Å². The minimum Gasteiger partial charge on any atom is -0.407 e. The van der Waals surface area contributed by atoms with Gasteiger partial charge in [0.15, 0.2) is 11.6 Å².